The van der Waals surface area contributed by atoms with Gasteiger partial charge in [-0.2, -0.15) is 5.26 Å². The van der Waals surface area contributed by atoms with E-state index in [1.54, 1.807) is 11.3 Å². The number of carbonyl (C=O) groups is 1. The summed E-state index contributed by atoms with van der Waals surface area (Å²) in [5.74, 6) is 0. The summed E-state index contributed by atoms with van der Waals surface area (Å²) >= 11 is 1.73. The molecule has 0 radical (unpaired) electrons. The third kappa shape index (κ3) is 6.67. The molecule has 1 unspecified atom stereocenters. The van der Waals surface area contributed by atoms with E-state index in [1.165, 1.54) is 15.6 Å². The van der Waals surface area contributed by atoms with Gasteiger partial charge in [0.2, 0.25) is 0 Å². The Morgan fingerprint density at radius 2 is 1.49 bits per heavy atom. The molecule has 7 rings (SSSR count). The molecule has 8 heteroatoms. The quantitative estimate of drug-likeness (QED) is 0.187. The van der Waals surface area contributed by atoms with Crippen LogP contribution in [-0.2, 0) is 23.3 Å². The van der Waals surface area contributed by atoms with Crippen LogP contribution in [0.2, 0.25) is 0 Å². The third-order valence-electron chi connectivity index (χ3n) is 9.58. The first-order chi connectivity index (χ1) is 23.1. The Bertz CT molecular complexity index is 1830. The Kier molecular flexibility index (Phi) is 9.32. The lowest BCUT2D eigenvalue weighted by molar-refractivity contribution is -0.146. The molecule has 47 heavy (non-hydrogen) atoms. The van der Waals surface area contributed by atoms with Gasteiger partial charge in [0.15, 0.2) is 0 Å². The minimum Gasteiger partial charge on any atom is -0.445 e. The zero-order valence-corrected chi connectivity index (χ0v) is 27.3. The predicted octanol–water partition coefficient (Wildman–Crippen LogP) is 6.75. The molecule has 238 valence electrons. The van der Waals surface area contributed by atoms with E-state index < -0.39 is 5.54 Å². The summed E-state index contributed by atoms with van der Waals surface area (Å²) in [5.41, 5.74) is 4.45. The van der Waals surface area contributed by atoms with Crippen LogP contribution >= 0.6 is 11.3 Å². The number of amides is 1. The van der Waals surface area contributed by atoms with Gasteiger partial charge in [0.1, 0.15) is 12.1 Å². The number of hydrogen-bond acceptors (Lipinski definition) is 7. The van der Waals surface area contributed by atoms with E-state index in [4.69, 9.17) is 4.74 Å². The highest BCUT2D eigenvalue weighted by Gasteiger charge is 2.49. The van der Waals surface area contributed by atoms with Crippen molar-refractivity contribution in [3.8, 4) is 6.07 Å². The molecule has 2 aliphatic heterocycles. The molecule has 3 heterocycles. The predicted molar refractivity (Wildman–Crippen MR) is 187 cm³/mol. The van der Waals surface area contributed by atoms with Gasteiger partial charge < -0.3 is 14.5 Å². The molecule has 5 aromatic rings. The van der Waals surface area contributed by atoms with Gasteiger partial charge in [-0.15, -0.1) is 11.3 Å². The zero-order valence-electron chi connectivity index (χ0n) is 26.5. The maximum absolute atomic E-state index is 13.7. The number of ether oxygens (including phenoxy) is 1. The summed E-state index contributed by atoms with van der Waals surface area (Å²) in [4.78, 5) is 18.2. The Morgan fingerprint density at radius 1 is 0.787 bits per heavy atom. The van der Waals surface area contributed by atoms with Gasteiger partial charge in [-0.3, -0.25) is 0 Å². The van der Waals surface area contributed by atoms with Gasteiger partial charge in [0.25, 0.3) is 0 Å². The van der Waals surface area contributed by atoms with Crippen molar-refractivity contribution in [2.75, 3.05) is 52.4 Å². The molecule has 0 spiro atoms. The Labute approximate surface area is 280 Å². The van der Waals surface area contributed by atoms with Crippen LogP contribution in [0.4, 0.5) is 4.79 Å². The number of rotatable bonds is 8. The number of fused-ring (bicyclic) bond motifs is 1. The minimum atomic E-state index is -0.680. The van der Waals surface area contributed by atoms with Crippen molar-refractivity contribution in [2.45, 2.75) is 18.6 Å². The van der Waals surface area contributed by atoms with Gasteiger partial charge in [0.05, 0.1) is 18.2 Å². The molecule has 1 aromatic heterocycles. The number of thiophene rings is 1. The van der Waals surface area contributed by atoms with E-state index in [0.29, 0.717) is 25.2 Å². The molecule has 7 nitrogen and oxygen atoms in total. The van der Waals surface area contributed by atoms with Crippen molar-refractivity contribution in [1.82, 2.24) is 19.8 Å². The van der Waals surface area contributed by atoms with E-state index in [2.05, 4.69) is 93.1 Å². The fourth-order valence-electron chi connectivity index (χ4n) is 7.02. The molecule has 1 atom stereocenters. The van der Waals surface area contributed by atoms with Crippen molar-refractivity contribution in [3.63, 3.8) is 0 Å². The van der Waals surface area contributed by atoms with E-state index in [9.17, 15) is 10.1 Å². The smallest absolute Gasteiger partial charge is 0.410 e. The van der Waals surface area contributed by atoms with E-state index in [-0.39, 0.29) is 12.7 Å². The number of hydrazine groups is 1. The van der Waals surface area contributed by atoms with Gasteiger partial charge in [-0.1, -0.05) is 78.9 Å². The van der Waals surface area contributed by atoms with Gasteiger partial charge >= 0.3 is 6.09 Å². The van der Waals surface area contributed by atoms with Crippen LogP contribution in [0.5, 0.6) is 0 Å². The lowest BCUT2D eigenvalue weighted by Crippen LogP contribution is -2.68. The average molecular weight is 642 g/mol. The molecule has 0 N–H and O–H groups in total. The Morgan fingerprint density at radius 3 is 2.21 bits per heavy atom. The first-order valence-electron chi connectivity index (χ1n) is 16.4. The first-order valence-corrected chi connectivity index (χ1v) is 17.2. The largest absolute Gasteiger partial charge is 0.445 e. The van der Waals surface area contributed by atoms with Gasteiger partial charge in [-0.25, -0.2) is 14.8 Å². The number of piperazine rings is 2. The number of benzene rings is 4. The zero-order chi connectivity index (χ0) is 32.1. The highest BCUT2D eigenvalue weighted by Crippen LogP contribution is 2.42. The lowest BCUT2D eigenvalue weighted by Gasteiger charge is -2.56. The van der Waals surface area contributed by atoms with Crippen LogP contribution in [0.15, 0.2) is 115 Å². The van der Waals surface area contributed by atoms with Crippen molar-refractivity contribution in [1.29, 1.82) is 5.26 Å². The Hall–Kier alpha value is -4.52. The summed E-state index contributed by atoms with van der Waals surface area (Å²) in [5, 5.41) is 18.0. The second kappa shape index (κ2) is 14.1. The SMILES string of the molecule is N#Cc1ccc(C2(c3ccc4sccc4c3)CN(C(=O)OCc3ccccc3)CCN2N2CCN(CCc3ccccc3)CC2)cc1. The third-order valence-corrected chi connectivity index (χ3v) is 10.5. The van der Waals surface area contributed by atoms with Crippen LogP contribution in [-0.4, -0.2) is 78.3 Å². The van der Waals surface area contributed by atoms with E-state index >= 15 is 0 Å². The summed E-state index contributed by atoms with van der Waals surface area (Å²) in [7, 11) is 0. The molecule has 2 aliphatic rings. The normalized spacial score (nSPS) is 19.4. The van der Waals surface area contributed by atoms with Crippen molar-refractivity contribution < 1.29 is 9.53 Å². The molecule has 2 saturated heterocycles. The second-order valence-corrected chi connectivity index (χ2v) is 13.3. The molecule has 0 saturated carbocycles. The highest BCUT2D eigenvalue weighted by atomic mass is 32.1. The molecular formula is C39H39N5O2S. The molecular weight excluding hydrogens is 603 g/mol. The van der Waals surface area contributed by atoms with E-state index in [1.807, 2.05) is 47.4 Å². The fourth-order valence-corrected chi connectivity index (χ4v) is 7.79. The van der Waals surface area contributed by atoms with Crippen molar-refractivity contribution in [2.24, 2.45) is 0 Å². The second-order valence-electron chi connectivity index (χ2n) is 12.3. The summed E-state index contributed by atoms with van der Waals surface area (Å²) in [6.45, 7) is 6.64. The molecule has 0 aliphatic carbocycles. The molecule has 2 fully saturated rings. The van der Waals surface area contributed by atoms with Gasteiger partial charge in [-0.05, 0) is 69.8 Å². The number of carbonyl (C=O) groups excluding carboxylic acids is 1. The minimum absolute atomic E-state index is 0.232. The number of nitriles is 1. The van der Waals surface area contributed by atoms with Crippen LogP contribution in [0.1, 0.15) is 27.8 Å². The maximum Gasteiger partial charge on any atom is 0.410 e. The average Bonchev–Trinajstić information content (AvgIpc) is 3.62. The van der Waals surface area contributed by atoms with Crippen LogP contribution in [0.25, 0.3) is 10.1 Å². The molecule has 1 amide bonds. The number of nitrogens with zero attached hydrogens (tertiary/aromatic N) is 5. The van der Waals surface area contributed by atoms with Crippen molar-refractivity contribution in [3.05, 3.63) is 142 Å². The Balaban J connectivity index is 1.21. The van der Waals surface area contributed by atoms with Crippen LogP contribution in [0, 0.1) is 11.3 Å². The van der Waals surface area contributed by atoms with Crippen LogP contribution in [0.3, 0.4) is 0 Å². The highest BCUT2D eigenvalue weighted by molar-refractivity contribution is 7.17. The molecule has 4 aromatic carbocycles. The maximum atomic E-state index is 13.7. The first kappa shape index (κ1) is 31.1. The lowest BCUT2D eigenvalue weighted by atomic mass is 9.79. The summed E-state index contributed by atoms with van der Waals surface area (Å²) in [6, 6.07) is 39.6. The van der Waals surface area contributed by atoms with Gasteiger partial charge in [0, 0.05) is 50.5 Å². The number of hydrogen-bond donors (Lipinski definition) is 0. The topological polar surface area (TPSA) is 63.1 Å². The summed E-state index contributed by atoms with van der Waals surface area (Å²) < 4.78 is 7.13. The summed E-state index contributed by atoms with van der Waals surface area (Å²) in [6.07, 6.45) is 0.731. The van der Waals surface area contributed by atoms with Crippen molar-refractivity contribution >= 4 is 27.5 Å². The molecule has 0 bridgehead atoms. The standard InChI is InChI=1S/C39H39N5O2S/c40-28-32-11-13-35(14-12-32)39(36-15-16-37-34(27-36)18-26-47-37)30-42(38(45)46-29-33-9-5-2-6-10-33)22-25-44(39)43-23-20-41(21-24-43)19-17-31-7-3-1-4-8-31/h1-16,18,26-27H,17,19-25,29-30H2. The fraction of sp³-hybridized carbons (Fsp3) is 0.282. The monoisotopic (exact) mass is 641 g/mol. The van der Waals surface area contributed by atoms with E-state index in [0.717, 1.165) is 55.8 Å². The van der Waals surface area contributed by atoms with Crippen LogP contribution < -0.4 is 0 Å².